The number of hydrogen-bond acceptors (Lipinski definition) is 4. The second-order valence-corrected chi connectivity index (χ2v) is 6.25. The lowest BCUT2D eigenvalue weighted by atomic mass is 10.0. The average molecular weight is 334 g/mol. The molecule has 0 aliphatic carbocycles. The Hall–Kier alpha value is -1.88. The van der Waals surface area contributed by atoms with Gasteiger partial charge in [-0.25, -0.2) is 0 Å². The second-order valence-electron chi connectivity index (χ2n) is 5.81. The first-order valence-electron chi connectivity index (χ1n) is 8.08. The lowest BCUT2D eigenvalue weighted by Gasteiger charge is -2.33. The molecule has 1 fully saturated rings. The molecule has 1 aromatic carbocycles. The zero-order valence-corrected chi connectivity index (χ0v) is 13.9. The fourth-order valence-electron chi connectivity index (χ4n) is 2.93. The highest BCUT2D eigenvalue weighted by molar-refractivity contribution is 6.30. The molecular formula is C17H20ClN3O2. The molecule has 0 radical (unpaired) electrons. The summed E-state index contributed by atoms with van der Waals surface area (Å²) in [6.07, 6.45) is 4.39. The standard InChI is InChI=1S/C17H20ClN3O2/c1-2-5-15(22)21-11-4-3-6-14(21)17-19-16(20-23-17)12-7-9-13(18)10-8-12/h7-10,14H,2-6,11H2,1H3. The summed E-state index contributed by atoms with van der Waals surface area (Å²) in [4.78, 5) is 18.7. The zero-order chi connectivity index (χ0) is 16.2. The van der Waals surface area contributed by atoms with Crippen LogP contribution in [0.15, 0.2) is 28.8 Å². The summed E-state index contributed by atoms with van der Waals surface area (Å²) in [5.74, 6) is 1.23. The predicted molar refractivity (Wildman–Crippen MR) is 88.0 cm³/mol. The smallest absolute Gasteiger partial charge is 0.249 e. The highest BCUT2D eigenvalue weighted by Gasteiger charge is 2.31. The number of hydrogen-bond donors (Lipinski definition) is 0. The lowest BCUT2D eigenvalue weighted by molar-refractivity contribution is -0.135. The molecule has 1 aliphatic heterocycles. The van der Waals surface area contributed by atoms with E-state index >= 15 is 0 Å². The minimum absolute atomic E-state index is 0.101. The van der Waals surface area contributed by atoms with Gasteiger partial charge in [0.2, 0.25) is 17.6 Å². The molecule has 0 saturated carbocycles. The maximum absolute atomic E-state index is 12.3. The van der Waals surface area contributed by atoms with Gasteiger partial charge in [0.15, 0.2) is 0 Å². The zero-order valence-electron chi connectivity index (χ0n) is 13.2. The van der Waals surface area contributed by atoms with Crippen LogP contribution in [0.1, 0.15) is 51.0 Å². The molecule has 0 N–H and O–H groups in total. The quantitative estimate of drug-likeness (QED) is 0.839. The summed E-state index contributed by atoms with van der Waals surface area (Å²) in [5, 5.41) is 4.73. The van der Waals surface area contributed by atoms with Crippen LogP contribution in [0.2, 0.25) is 5.02 Å². The molecule has 3 rings (SSSR count). The summed E-state index contributed by atoms with van der Waals surface area (Å²) in [6, 6.07) is 7.21. The maximum Gasteiger partial charge on any atom is 0.249 e. The molecule has 2 aromatic rings. The highest BCUT2D eigenvalue weighted by atomic mass is 35.5. The van der Waals surface area contributed by atoms with E-state index in [-0.39, 0.29) is 11.9 Å². The number of likely N-dealkylation sites (tertiary alicyclic amines) is 1. The number of carbonyl (C=O) groups is 1. The first-order chi connectivity index (χ1) is 11.2. The molecule has 5 nitrogen and oxygen atoms in total. The van der Waals surface area contributed by atoms with Crippen molar-refractivity contribution in [3.63, 3.8) is 0 Å². The highest BCUT2D eigenvalue weighted by Crippen LogP contribution is 2.31. The van der Waals surface area contributed by atoms with Crippen molar-refractivity contribution >= 4 is 17.5 Å². The van der Waals surface area contributed by atoms with Crippen LogP contribution in [0.3, 0.4) is 0 Å². The number of carbonyl (C=O) groups excluding carboxylic acids is 1. The van der Waals surface area contributed by atoms with Gasteiger partial charge in [-0.15, -0.1) is 0 Å². The second kappa shape index (κ2) is 7.13. The van der Waals surface area contributed by atoms with Crippen LogP contribution >= 0.6 is 11.6 Å². The number of rotatable bonds is 4. The molecule has 23 heavy (non-hydrogen) atoms. The number of amides is 1. The number of nitrogens with zero attached hydrogens (tertiary/aromatic N) is 3. The Balaban J connectivity index is 1.82. The minimum atomic E-state index is -0.101. The van der Waals surface area contributed by atoms with Gasteiger partial charge in [0.05, 0.1) is 0 Å². The van der Waals surface area contributed by atoms with Crippen molar-refractivity contribution in [2.45, 2.75) is 45.1 Å². The van der Waals surface area contributed by atoms with E-state index in [1.54, 1.807) is 12.1 Å². The number of benzene rings is 1. The van der Waals surface area contributed by atoms with E-state index < -0.39 is 0 Å². The Morgan fingerprint density at radius 1 is 1.35 bits per heavy atom. The van der Waals surface area contributed by atoms with Crippen LogP contribution in [0, 0.1) is 0 Å². The Morgan fingerprint density at radius 2 is 2.13 bits per heavy atom. The van der Waals surface area contributed by atoms with Crippen molar-refractivity contribution in [3.8, 4) is 11.4 Å². The third kappa shape index (κ3) is 3.55. The molecular weight excluding hydrogens is 314 g/mol. The Bertz CT molecular complexity index is 669. The van der Waals surface area contributed by atoms with Gasteiger partial charge < -0.3 is 9.42 Å². The minimum Gasteiger partial charge on any atom is -0.337 e. The number of aromatic nitrogens is 2. The van der Waals surface area contributed by atoms with E-state index in [9.17, 15) is 4.79 Å². The van der Waals surface area contributed by atoms with Crippen molar-refractivity contribution in [1.29, 1.82) is 0 Å². The third-order valence-corrected chi connectivity index (χ3v) is 4.37. The average Bonchev–Trinajstić information content (AvgIpc) is 3.05. The van der Waals surface area contributed by atoms with E-state index in [1.807, 2.05) is 24.0 Å². The van der Waals surface area contributed by atoms with Crippen LogP contribution in [0.4, 0.5) is 0 Å². The van der Waals surface area contributed by atoms with Crippen LogP contribution in [-0.2, 0) is 4.79 Å². The molecule has 1 aliphatic rings. The first kappa shape index (κ1) is 16.0. The van der Waals surface area contributed by atoms with Crippen molar-refractivity contribution in [2.24, 2.45) is 0 Å². The Kier molecular flexibility index (Phi) is 4.96. The fraction of sp³-hybridized carbons (Fsp3) is 0.471. The number of halogens is 1. The van der Waals surface area contributed by atoms with E-state index in [0.29, 0.717) is 23.2 Å². The van der Waals surface area contributed by atoms with Gasteiger partial charge in [-0.3, -0.25) is 4.79 Å². The topological polar surface area (TPSA) is 59.2 Å². The molecule has 1 aromatic heterocycles. The van der Waals surface area contributed by atoms with Crippen molar-refractivity contribution in [1.82, 2.24) is 15.0 Å². The Morgan fingerprint density at radius 3 is 2.87 bits per heavy atom. The molecule has 122 valence electrons. The molecule has 1 atom stereocenters. The summed E-state index contributed by atoms with van der Waals surface area (Å²) in [6.45, 7) is 2.78. The molecule has 1 saturated heterocycles. The molecule has 1 amide bonds. The van der Waals surface area contributed by atoms with Crippen molar-refractivity contribution in [2.75, 3.05) is 6.54 Å². The summed E-state index contributed by atoms with van der Waals surface area (Å²) >= 11 is 5.90. The van der Waals surface area contributed by atoms with Crippen LogP contribution in [0.5, 0.6) is 0 Å². The monoisotopic (exact) mass is 333 g/mol. The Labute approximate surface area is 140 Å². The summed E-state index contributed by atoms with van der Waals surface area (Å²) < 4.78 is 5.46. The molecule has 0 bridgehead atoms. The van der Waals surface area contributed by atoms with Crippen LogP contribution in [0.25, 0.3) is 11.4 Å². The van der Waals surface area contributed by atoms with E-state index in [2.05, 4.69) is 10.1 Å². The van der Waals surface area contributed by atoms with Gasteiger partial charge in [0.1, 0.15) is 6.04 Å². The van der Waals surface area contributed by atoms with Crippen LogP contribution < -0.4 is 0 Å². The SMILES string of the molecule is CCCC(=O)N1CCCCC1c1nc(-c2ccc(Cl)cc2)no1. The van der Waals surface area contributed by atoms with E-state index in [4.69, 9.17) is 16.1 Å². The molecule has 0 spiro atoms. The fourth-order valence-corrected chi connectivity index (χ4v) is 3.06. The lowest BCUT2D eigenvalue weighted by Crippen LogP contribution is -2.38. The molecule has 6 heteroatoms. The summed E-state index contributed by atoms with van der Waals surface area (Å²) in [7, 11) is 0. The third-order valence-electron chi connectivity index (χ3n) is 4.12. The van der Waals surface area contributed by atoms with Crippen molar-refractivity contribution < 1.29 is 9.32 Å². The van der Waals surface area contributed by atoms with E-state index in [1.165, 1.54) is 0 Å². The largest absolute Gasteiger partial charge is 0.337 e. The van der Waals surface area contributed by atoms with Gasteiger partial charge in [-0.05, 0) is 49.9 Å². The van der Waals surface area contributed by atoms with Gasteiger partial charge in [0, 0.05) is 23.6 Å². The molecule has 1 unspecified atom stereocenters. The van der Waals surface area contributed by atoms with Gasteiger partial charge in [-0.1, -0.05) is 23.7 Å². The molecule has 2 heterocycles. The van der Waals surface area contributed by atoms with Gasteiger partial charge >= 0.3 is 0 Å². The normalized spacial score (nSPS) is 18.2. The summed E-state index contributed by atoms with van der Waals surface area (Å²) in [5.41, 5.74) is 0.853. The van der Waals surface area contributed by atoms with E-state index in [0.717, 1.165) is 37.8 Å². The van der Waals surface area contributed by atoms with Crippen LogP contribution in [-0.4, -0.2) is 27.5 Å². The van der Waals surface area contributed by atoms with Gasteiger partial charge in [-0.2, -0.15) is 4.98 Å². The number of piperidine rings is 1. The van der Waals surface area contributed by atoms with Crippen molar-refractivity contribution in [3.05, 3.63) is 35.2 Å². The van der Waals surface area contributed by atoms with Gasteiger partial charge in [0.25, 0.3) is 0 Å². The predicted octanol–water partition coefficient (Wildman–Crippen LogP) is 4.24. The maximum atomic E-state index is 12.3. The first-order valence-corrected chi connectivity index (χ1v) is 8.46.